The molecule has 3 heteroatoms. The highest BCUT2D eigenvalue weighted by Gasteiger charge is 1.87. The van der Waals surface area contributed by atoms with E-state index >= 15 is 0 Å². The van der Waals surface area contributed by atoms with E-state index in [1.807, 2.05) is 0 Å². The van der Waals surface area contributed by atoms with Crippen LogP contribution in [0.25, 0.3) is 0 Å². The van der Waals surface area contributed by atoms with Crippen LogP contribution >= 0.6 is 0 Å². The summed E-state index contributed by atoms with van der Waals surface area (Å²) in [5.74, 6) is 0. The Morgan fingerprint density at radius 1 is 1.36 bits per heavy atom. The molecule has 0 saturated carbocycles. The minimum atomic E-state index is 0.714. The Balaban J connectivity index is 2.74. The Kier molecular flexibility index (Phi) is 8.94. The molecule has 0 aromatic carbocycles. The third-order valence-electron chi connectivity index (χ3n) is 1.34. The lowest BCUT2D eigenvalue weighted by molar-refractivity contribution is -0.109. The predicted octanol–water partition coefficient (Wildman–Crippen LogP) is 0.939. The average molecular weight is 159 g/mol. The predicted molar refractivity (Wildman–Crippen MR) is 44.4 cm³/mol. The van der Waals surface area contributed by atoms with Gasteiger partial charge in [-0.2, -0.15) is 0 Å². The SMILES string of the molecule is CCCCOCCCNC=O. The largest absolute Gasteiger partial charge is 0.381 e. The van der Waals surface area contributed by atoms with Gasteiger partial charge in [-0.3, -0.25) is 4.79 Å². The van der Waals surface area contributed by atoms with Crippen molar-refractivity contribution >= 4 is 6.41 Å². The number of carbonyl (C=O) groups is 1. The number of hydrogen-bond acceptors (Lipinski definition) is 2. The molecule has 0 aliphatic carbocycles. The van der Waals surface area contributed by atoms with Crippen molar-refractivity contribution in [2.75, 3.05) is 19.8 Å². The minimum absolute atomic E-state index is 0.714. The molecule has 0 atom stereocenters. The summed E-state index contributed by atoms with van der Waals surface area (Å²) in [6, 6.07) is 0. The van der Waals surface area contributed by atoms with Gasteiger partial charge in [0.05, 0.1) is 0 Å². The third kappa shape index (κ3) is 9.43. The molecule has 0 fully saturated rings. The van der Waals surface area contributed by atoms with Crippen molar-refractivity contribution in [3.05, 3.63) is 0 Å². The Bertz CT molecular complexity index is 86.2. The van der Waals surface area contributed by atoms with Gasteiger partial charge in [-0.05, 0) is 12.8 Å². The lowest BCUT2D eigenvalue weighted by Crippen LogP contribution is -2.14. The number of carbonyl (C=O) groups excluding carboxylic acids is 1. The Morgan fingerprint density at radius 3 is 2.73 bits per heavy atom. The number of nitrogens with one attached hydrogen (secondary N) is 1. The summed E-state index contributed by atoms with van der Waals surface area (Å²) in [6.45, 7) is 4.45. The topological polar surface area (TPSA) is 38.3 Å². The van der Waals surface area contributed by atoms with E-state index in [0.717, 1.165) is 32.6 Å². The zero-order valence-electron chi connectivity index (χ0n) is 7.14. The van der Waals surface area contributed by atoms with Gasteiger partial charge in [0.15, 0.2) is 0 Å². The first-order valence-electron chi connectivity index (χ1n) is 4.16. The summed E-state index contributed by atoms with van der Waals surface area (Å²) in [4.78, 5) is 9.79. The summed E-state index contributed by atoms with van der Waals surface area (Å²) in [7, 11) is 0. The van der Waals surface area contributed by atoms with Crippen molar-refractivity contribution in [3.8, 4) is 0 Å². The third-order valence-corrected chi connectivity index (χ3v) is 1.34. The van der Waals surface area contributed by atoms with Crippen LogP contribution in [0.1, 0.15) is 26.2 Å². The van der Waals surface area contributed by atoms with Crippen LogP contribution < -0.4 is 5.32 Å². The molecule has 66 valence electrons. The van der Waals surface area contributed by atoms with Crippen molar-refractivity contribution < 1.29 is 9.53 Å². The van der Waals surface area contributed by atoms with Crippen LogP contribution in [0.3, 0.4) is 0 Å². The van der Waals surface area contributed by atoms with Crippen LogP contribution in [0.15, 0.2) is 0 Å². The Hall–Kier alpha value is -0.570. The summed E-state index contributed by atoms with van der Waals surface area (Å²) >= 11 is 0. The van der Waals surface area contributed by atoms with Gasteiger partial charge < -0.3 is 10.1 Å². The molecule has 0 rings (SSSR count). The maximum Gasteiger partial charge on any atom is 0.207 e. The highest BCUT2D eigenvalue weighted by Crippen LogP contribution is 1.88. The lowest BCUT2D eigenvalue weighted by atomic mass is 10.4. The molecule has 0 aliphatic rings. The lowest BCUT2D eigenvalue weighted by Gasteiger charge is -2.01. The molecule has 0 saturated heterocycles. The van der Waals surface area contributed by atoms with Gasteiger partial charge >= 0.3 is 0 Å². The van der Waals surface area contributed by atoms with Crippen molar-refractivity contribution in [1.82, 2.24) is 5.32 Å². The van der Waals surface area contributed by atoms with Gasteiger partial charge in [0.25, 0.3) is 0 Å². The smallest absolute Gasteiger partial charge is 0.207 e. The van der Waals surface area contributed by atoms with E-state index in [0.29, 0.717) is 6.41 Å². The molecule has 0 aromatic rings. The fraction of sp³-hybridized carbons (Fsp3) is 0.875. The number of ether oxygens (including phenoxy) is 1. The van der Waals surface area contributed by atoms with Crippen LogP contribution in [0, 0.1) is 0 Å². The van der Waals surface area contributed by atoms with E-state index in [-0.39, 0.29) is 0 Å². The number of unbranched alkanes of at least 4 members (excludes halogenated alkanes) is 1. The summed E-state index contributed by atoms with van der Waals surface area (Å²) in [6.07, 6.45) is 3.92. The maximum absolute atomic E-state index is 9.79. The van der Waals surface area contributed by atoms with Crippen LogP contribution in [-0.2, 0) is 9.53 Å². The highest BCUT2D eigenvalue weighted by molar-refractivity contribution is 5.45. The zero-order chi connectivity index (χ0) is 8.36. The fourth-order valence-electron chi connectivity index (χ4n) is 0.684. The molecule has 0 bridgehead atoms. The van der Waals surface area contributed by atoms with E-state index in [4.69, 9.17) is 4.74 Å². The normalized spacial score (nSPS) is 9.55. The fourth-order valence-corrected chi connectivity index (χ4v) is 0.684. The van der Waals surface area contributed by atoms with Crippen LogP contribution in [0.2, 0.25) is 0 Å². The standard InChI is InChI=1S/C8H17NO2/c1-2-3-6-11-7-4-5-9-8-10/h8H,2-7H2,1H3,(H,9,10). The van der Waals surface area contributed by atoms with Crippen LogP contribution in [0.4, 0.5) is 0 Å². The molecular weight excluding hydrogens is 142 g/mol. The van der Waals surface area contributed by atoms with E-state index < -0.39 is 0 Å². The first-order valence-corrected chi connectivity index (χ1v) is 4.16. The van der Waals surface area contributed by atoms with Crippen molar-refractivity contribution in [2.24, 2.45) is 0 Å². The molecule has 1 amide bonds. The zero-order valence-corrected chi connectivity index (χ0v) is 7.14. The Labute approximate surface area is 68.1 Å². The van der Waals surface area contributed by atoms with Gasteiger partial charge in [0, 0.05) is 19.8 Å². The minimum Gasteiger partial charge on any atom is -0.381 e. The summed E-state index contributed by atoms with van der Waals surface area (Å²) < 4.78 is 5.26. The summed E-state index contributed by atoms with van der Waals surface area (Å²) in [5, 5.41) is 2.58. The van der Waals surface area contributed by atoms with Crippen molar-refractivity contribution in [2.45, 2.75) is 26.2 Å². The number of hydrogen-bond donors (Lipinski definition) is 1. The second kappa shape index (κ2) is 9.43. The molecule has 0 spiro atoms. The first-order chi connectivity index (χ1) is 5.41. The van der Waals surface area contributed by atoms with E-state index in [1.165, 1.54) is 6.42 Å². The van der Waals surface area contributed by atoms with Crippen molar-refractivity contribution in [1.29, 1.82) is 0 Å². The van der Waals surface area contributed by atoms with E-state index in [2.05, 4.69) is 12.2 Å². The Morgan fingerprint density at radius 2 is 2.09 bits per heavy atom. The van der Waals surface area contributed by atoms with Gasteiger partial charge in [0.1, 0.15) is 0 Å². The molecule has 0 heterocycles. The number of rotatable bonds is 8. The van der Waals surface area contributed by atoms with Gasteiger partial charge in [-0.1, -0.05) is 13.3 Å². The van der Waals surface area contributed by atoms with Gasteiger partial charge in [-0.15, -0.1) is 0 Å². The van der Waals surface area contributed by atoms with Crippen LogP contribution in [0.5, 0.6) is 0 Å². The van der Waals surface area contributed by atoms with Gasteiger partial charge in [0.2, 0.25) is 6.41 Å². The van der Waals surface area contributed by atoms with Crippen molar-refractivity contribution in [3.63, 3.8) is 0 Å². The van der Waals surface area contributed by atoms with Crippen LogP contribution in [-0.4, -0.2) is 26.2 Å². The van der Waals surface area contributed by atoms with Gasteiger partial charge in [-0.25, -0.2) is 0 Å². The molecule has 3 nitrogen and oxygen atoms in total. The maximum atomic E-state index is 9.79. The van der Waals surface area contributed by atoms with E-state index in [1.54, 1.807) is 0 Å². The quantitative estimate of drug-likeness (QED) is 0.423. The van der Waals surface area contributed by atoms with E-state index in [9.17, 15) is 4.79 Å². The molecule has 11 heavy (non-hydrogen) atoms. The molecular formula is C8H17NO2. The first kappa shape index (κ1) is 10.4. The molecule has 0 aliphatic heterocycles. The molecule has 0 aromatic heterocycles. The number of amides is 1. The average Bonchev–Trinajstić information content (AvgIpc) is 2.03. The monoisotopic (exact) mass is 159 g/mol. The molecule has 0 radical (unpaired) electrons. The molecule has 0 unspecified atom stereocenters. The second-order valence-electron chi connectivity index (χ2n) is 2.39. The summed E-state index contributed by atoms with van der Waals surface area (Å²) in [5.41, 5.74) is 0. The highest BCUT2D eigenvalue weighted by atomic mass is 16.5. The molecule has 1 N–H and O–H groups in total. The second-order valence-corrected chi connectivity index (χ2v) is 2.39.